The third-order valence-corrected chi connectivity index (χ3v) is 3.66. The summed E-state index contributed by atoms with van der Waals surface area (Å²) in [5.74, 6) is 0.440. The van der Waals surface area contributed by atoms with E-state index in [0.29, 0.717) is 23.9 Å². The van der Waals surface area contributed by atoms with Crippen LogP contribution in [0.1, 0.15) is 19.8 Å². The fourth-order valence-electron chi connectivity index (χ4n) is 1.34. The number of carbonyl (C=O) groups is 1. The van der Waals surface area contributed by atoms with Gasteiger partial charge in [0.2, 0.25) is 5.91 Å². The average Bonchev–Trinajstić information content (AvgIpc) is 2.42. The molecule has 1 rings (SSSR count). The zero-order chi connectivity index (χ0) is 13.9. The Hall–Kier alpha value is -0.710. The Morgan fingerprint density at radius 2 is 2.05 bits per heavy atom. The summed E-state index contributed by atoms with van der Waals surface area (Å²) in [4.78, 5) is 12.6. The molecule has 1 N–H and O–H groups in total. The first-order chi connectivity index (χ1) is 9.22. The lowest BCUT2D eigenvalue weighted by Crippen LogP contribution is -2.28. The summed E-state index contributed by atoms with van der Waals surface area (Å²) in [6.45, 7) is 4.05. The fourth-order valence-corrected chi connectivity index (χ4v) is 2.20. The van der Waals surface area contributed by atoms with Crippen molar-refractivity contribution in [2.45, 2.75) is 24.7 Å². The third kappa shape index (κ3) is 8.14. The van der Waals surface area contributed by atoms with E-state index in [1.165, 1.54) is 11.8 Å². The van der Waals surface area contributed by atoms with Crippen LogP contribution in [0.4, 0.5) is 0 Å². The lowest BCUT2D eigenvalue weighted by molar-refractivity contribution is -0.118. The first kappa shape index (κ1) is 16.3. The average molecular weight is 302 g/mol. The van der Waals surface area contributed by atoms with Gasteiger partial charge in [-0.1, -0.05) is 24.9 Å². The normalized spacial score (nSPS) is 10.4. The first-order valence-corrected chi connectivity index (χ1v) is 7.81. The summed E-state index contributed by atoms with van der Waals surface area (Å²) >= 11 is 7.29. The number of halogens is 1. The standard InChI is InChI=1S/C14H20ClNO2S/c1-2-3-9-18-10-8-16-14(17)11-19-13-6-4-12(15)5-7-13/h4-7H,2-3,8-11H2,1H3,(H,16,17). The molecule has 0 heterocycles. The van der Waals surface area contributed by atoms with Crippen molar-refractivity contribution >= 4 is 29.3 Å². The van der Waals surface area contributed by atoms with Gasteiger partial charge in [-0.25, -0.2) is 0 Å². The molecule has 5 heteroatoms. The van der Waals surface area contributed by atoms with Crippen molar-refractivity contribution in [2.75, 3.05) is 25.5 Å². The maximum Gasteiger partial charge on any atom is 0.230 e. The molecule has 1 aromatic carbocycles. The molecule has 3 nitrogen and oxygen atoms in total. The van der Waals surface area contributed by atoms with Crippen molar-refractivity contribution in [2.24, 2.45) is 0 Å². The Morgan fingerprint density at radius 1 is 1.32 bits per heavy atom. The Morgan fingerprint density at radius 3 is 2.74 bits per heavy atom. The molecule has 0 bridgehead atoms. The highest BCUT2D eigenvalue weighted by atomic mass is 35.5. The molecule has 0 aromatic heterocycles. The number of hydrogen-bond acceptors (Lipinski definition) is 3. The van der Waals surface area contributed by atoms with Crippen molar-refractivity contribution in [3.63, 3.8) is 0 Å². The Balaban J connectivity index is 2.06. The van der Waals surface area contributed by atoms with E-state index in [1.807, 2.05) is 24.3 Å². The van der Waals surface area contributed by atoms with Crippen LogP contribution in [0.3, 0.4) is 0 Å². The summed E-state index contributed by atoms with van der Waals surface area (Å²) in [5, 5.41) is 3.54. The number of hydrogen-bond donors (Lipinski definition) is 1. The number of thioether (sulfide) groups is 1. The molecule has 0 spiro atoms. The van der Waals surface area contributed by atoms with Crippen LogP contribution in [0, 0.1) is 0 Å². The lowest BCUT2D eigenvalue weighted by atomic mass is 10.4. The molecule has 0 aliphatic heterocycles. The van der Waals surface area contributed by atoms with Crippen LogP contribution in [0.15, 0.2) is 29.2 Å². The highest BCUT2D eigenvalue weighted by molar-refractivity contribution is 8.00. The zero-order valence-electron chi connectivity index (χ0n) is 11.2. The predicted molar refractivity (Wildman–Crippen MR) is 80.9 cm³/mol. The van der Waals surface area contributed by atoms with Gasteiger partial charge < -0.3 is 10.1 Å². The maximum absolute atomic E-state index is 11.6. The largest absolute Gasteiger partial charge is 0.380 e. The monoisotopic (exact) mass is 301 g/mol. The number of nitrogens with one attached hydrogen (secondary N) is 1. The van der Waals surface area contributed by atoms with Gasteiger partial charge in [0, 0.05) is 23.1 Å². The van der Waals surface area contributed by atoms with Gasteiger partial charge in [0.1, 0.15) is 0 Å². The molecule has 0 aliphatic rings. The summed E-state index contributed by atoms with van der Waals surface area (Å²) in [6.07, 6.45) is 2.20. The Bertz CT molecular complexity index is 370. The second kappa shape index (κ2) is 10.1. The summed E-state index contributed by atoms with van der Waals surface area (Å²) in [6, 6.07) is 7.47. The van der Waals surface area contributed by atoms with Gasteiger partial charge in [0.05, 0.1) is 12.4 Å². The summed E-state index contributed by atoms with van der Waals surface area (Å²) in [5.41, 5.74) is 0. The quantitative estimate of drug-likeness (QED) is 0.561. The number of benzene rings is 1. The van der Waals surface area contributed by atoms with E-state index in [2.05, 4.69) is 12.2 Å². The van der Waals surface area contributed by atoms with E-state index in [4.69, 9.17) is 16.3 Å². The molecule has 0 saturated heterocycles. The molecule has 1 amide bonds. The molecule has 1 aromatic rings. The topological polar surface area (TPSA) is 38.3 Å². The van der Waals surface area contributed by atoms with Gasteiger partial charge in [-0.15, -0.1) is 11.8 Å². The zero-order valence-corrected chi connectivity index (χ0v) is 12.7. The van der Waals surface area contributed by atoms with Crippen molar-refractivity contribution in [3.05, 3.63) is 29.3 Å². The smallest absolute Gasteiger partial charge is 0.230 e. The van der Waals surface area contributed by atoms with Crippen molar-refractivity contribution in [1.29, 1.82) is 0 Å². The van der Waals surface area contributed by atoms with Crippen LogP contribution in [0.5, 0.6) is 0 Å². The van der Waals surface area contributed by atoms with Crippen molar-refractivity contribution < 1.29 is 9.53 Å². The molecule has 0 atom stereocenters. The van der Waals surface area contributed by atoms with Gasteiger partial charge in [-0.05, 0) is 30.7 Å². The number of amides is 1. The first-order valence-electron chi connectivity index (χ1n) is 6.45. The fraction of sp³-hybridized carbons (Fsp3) is 0.500. The van der Waals surface area contributed by atoms with Gasteiger partial charge in [-0.2, -0.15) is 0 Å². The van der Waals surface area contributed by atoms with Gasteiger partial charge in [-0.3, -0.25) is 4.79 Å². The molecule has 106 valence electrons. The summed E-state index contributed by atoms with van der Waals surface area (Å²) < 4.78 is 5.36. The van der Waals surface area contributed by atoms with E-state index in [0.717, 1.165) is 24.3 Å². The molecule has 0 saturated carbocycles. The van der Waals surface area contributed by atoms with Crippen LogP contribution in [0.25, 0.3) is 0 Å². The number of unbranched alkanes of at least 4 members (excludes halogenated alkanes) is 1. The number of rotatable bonds is 9. The third-order valence-electron chi connectivity index (χ3n) is 2.39. The summed E-state index contributed by atoms with van der Waals surface area (Å²) in [7, 11) is 0. The molecule has 0 unspecified atom stereocenters. The second-order valence-corrected chi connectivity index (χ2v) is 5.54. The van der Waals surface area contributed by atoms with E-state index < -0.39 is 0 Å². The highest BCUT2D eigenvalue weighted by Crippen LogP contribution is 2.19. The van der Waals surface area contributed by atoms with Crippen LogP contribution < -0.4 is 5.32 Å². The minimum absolute atomic E-state index is 0.0269. The van der Waals surface area contributed by atoms with E-state index >= 15 is 0 Å². The maximum atomic E-state index is 11.6. The van der Waals surface area contributed by atoms with E-state index in [9.17, 15) is 4.79 Å². The second-order valence-electron chi connectivity index (χ2n) is 4.06. The lowest BCUT2D eigenvalue weighted by Gasteiger charge is -2.06. The van der Waals surface area contributed by atoms with Crippen LogP contribution in [-0.2, 0) is 9.53 Å². The van der Waals surface area contributed by atoms with Crippen molar-refractivity contribution in [1.82, 2.24) is 5.32 Å². The van der Waals surface area contributed by atoms with Gasteiger partial charge in [0.15, 0.2) is 0 Å². The van der Waals surface area contributed by atoms with Crippen LogP contribution in [-0.4, -0.2) is 31.4 Å². The number of carbonyl (C=O) groups excluding carboxylic acids is 1. The number of ether oxygens (including phenoxy) is 1. The van der Waals surface area contributed by atoms with E-state index in [-0.39, 0.29) is 5.91 Å². The molecule has 0 radical (unpaired) electrons. The molecular formula is C14H20ClNO2S. The minimum atomic E-state index is 0.0269. The molecular weight excluding hydrogens is 282 g/mol. The Labute approximate surface area is 124 Å². The van der Waals surface area contributed by atoms with Crippen molar-refractivity contribution in [3.8, 4) is 0 Å². The van der Waals surface area contributed by atoms with E-state index in [1.54, 1.807) is 0 Å². The highest BCUT2D eigenvalue weighted by Gasteiger charge is 2.02. The molecule has 0 fully saturated rings. The minimum Gasteiger partial charge on any atom is -0.380 e. The Kier molecular flexibility index (Phi) is 8.71. The predicted octanol–water partition coefficient (Wildman–Crippen LogP) is 3.37. The molecule has 0 aliphatic carbocycles. The van der Waals surface area contributed by atoms with Gasteiger partial charge >= 0.3 is 0 Å². The van der Waals surface area contributed by atoms with Gasteiger partial charge in [0.25, 0.3) is 0 Å². The molecule has 19 heavy (non-hydrogen) atoms. The SMILES string of the molecule is CCCCOCCNC(=O)CSc1ccc(Cl)cc1. The van der Waals surface area contributed by atoms with Crippen LogP contribution in [0.2, 0.25) is 5.02 Å². The van der Waals surface area contributed by atoms with Crippen LogP contribution >= 0.6 is 23.4 Å².